The van der Waals surface area contributed by atoms with Crippen molar-refractivity contribution in [3.05, 3.63) is 57.9 Å². The van der Waals surface area contributed by atoms with Crippen molar-refractivity contribution in [2.24, 2.45) is 0 Å². The Bertz CT molecular complexity index is 940. The van der Waals surface area contributed by atoms with Gasteiger partial charge < -0.3 is 14.8 Å². The molecule has 2 heterocycles. The van der Waals surface area contributed by atoms with Crippen LogP contribution in [-0.4, -0.2) is 24.1 Å². The lowest BCUT2D eigenvalue weighted by atomic mass is 10.1. The molecule has 0 fully saturated rings. The van der Waals surface area contributed by atoms with Crippen molar-refractivity contribution in [2.45, 2.75) is 6.42 Å². The van der Waals surface area contributed by atoms with Gasteiger partial charge in [0.15, 0.2) is 16.6 Å². The fraction of sp³-hybridized carbons (Fsp3) is 0.158. The zero-order valence-corrected chi connectivity index (χ0v) is 16.1. The SMILES string of the molecule is O=C(Cc1ccc(Br)cc1)Nc1nc(-c2ccc3c(c2)OCCO3)cs1. The maximum atomic E-state index is 12.2. The minimum absolute atomic E-state index is 0.0876. The van der Waals surface area contributed by atoms with Gasteiger partial charge in [0, 0.05) is 15.4 Å². The van der Waals surface area contributed by atoms with Gasteiger partial charge in [0.25, 0.3) is 0 Å². The summed E-state index contributed by atoms with van der Waals surface area (Å²) >= 11 is 4.79. The Balaban J connectivity index is 1.44. The van der Waals surface area contributed by atoms with Crippen molar-refractivity contribution in [3.63, 3.8) is 0 Å². The van der Waals surface area contributed by atoms with Gasteiger partial charge >= 0.3 is 0 Å². The quantitative estimate of drug-likeness (QED) is 0.660. The van der Waals surface area contributed by atoms with E-state index in [0.29, 0.717) is 24.8 Å². The summed E-state index contributed by atoms with van der Waals surface area (Å²) in [7, 11) is 0. The van der Waals surface area contributed by atoms with Gasteiger partial charge in [-0.2, -0.15) is 0 Å². The molecule has 26 heavy (non-hydrogen) atoms. The van der Waals surface area contributed by atoms with Crippen molar-refractivity contribution in [3.8, 4) is 22.8 Å². The lowest BCUT2D eigenvalue weighted by Crippen LogP contribution is -2.15. The number of fused-ring (bicyclic) bond motifs is 1. The fourth-order valence-corrected chi connectivity index (χ4v) is 3.62. The van der Waals surface area contributed by atoms with E-state index in [1.165, 1.54) is 11.3 Å². The molecule has 0 saturated carbocycles. The summed E-state index contributed by atoms with van der Waals surface area (Å²) in [6.45, 7) is 1.11. The van der Waals surface area contributed by atoms with Crippen LogP contribution in [0.3, 0.4) is 0 Å². The molecule has 1 aliphatic rings. The number of carbonyl (C=O) groups is 1. The number of thiazole rings is 1. The molecule has 0 aliphatic carbocycles. The maximum absolute atomic E-state index is 12.2. The Morgan fingerprint density at radius 3 is 2.69 bits per heavy atom. The van der Waals surface area contributed by atoms with Gasteiger partial charge in [-0.3, -0.25) is 4.79 Å². The first-order valence-electron chi connectivity index (χ1n) is 8.07. The van der Waals surface area contributed by atoms with Crippen LogP contribution in [0, 0.1) is 0 Å². The molecular formula is C19H15BrN2O3S. The molecule has 1 aromatic heterocycles. The van der Waals surface area contributed by atoms with E-state index < -0.39 is 0 Å². The van der Waals surface area contributed by atoms with E-state index in [1.807, 2.05) is 47.8 Å². The van der Waals surface area contributed by atoms with Crippen LogP contribution in [0.2, 0.25) is 0 Å². The predicted octanol–water partition coefficient (Wildman–Crippen LogP) is 4.53. The largest absolute Gasteiger partial charge is 0.486 e. The molecule has 1 aliphatic heterocycles. The van der Waals surface area contributed by atoms with E-state index >= 15 is 0 Å². The van der Waals surface area contributed by atoms with Gasteiger partial charge in [-0.25, -0.2) is 4.98 Å². The number of aromatic nitrogens is 1. The maximum Gasteiger partial charge on any atom is 0.230 e. The monoisotopic (exact) mass is 430 g/mol. The van der Waals surface area contributed by atoms with Gasteiger partial charge in [-0.05, 0) is 35.9 Å². The first kappa shape index (κ1) is 17.1. The zero-order valence-electron chi connectivity index (χ0n) is 13.7. The van der Waals surface area contributed by atoms with Crippen LogP contribution in [0.1, 0.15) is 5.56 Å². The number of benzene rings is 2. The van der Waals surface area contributed by atoms with Crippen LogP contribution in [0.5, 0.6) is 11.5 Å². The Morgan fingerprint density at radius 2 is 1.88 bits per heavy atom. The van der Waals surface area contributed by atoms with E-state index in [9.17, 15) is 4.79 Å². The van der Waals surface area contributed by atoms with Gasteiger partial charge in [0.2, 0.25) is 5.91 Å². The summed E-state index contributed by atoms with van der Waals surface area (Å²) in [4.78, 5) is 16.7. The van der Waals surface area contributed by atoms with Crippen molar-refractivity contribution < 1.29 is 14.3 Å². The number of nitrogens with one attached hydrogen (secondary N) is 1. The van der Waals surface area contributed by atoms with E-state index in [0.717, 1.165) is 32.8 Å². The van der Waals surface area contributed by atoms with E-state index in [-0.39, 0.29) is 5.91 Å². The summed E-state index contributed by atoms with van der Waals surface area (Å²) in [6.07, 6.45) is 0.312. The predicted molar refractivity (Wildman–Crippen MR) is 105 cm³/mol. The highest BCUT2D eigenvalue weighted by Gasteiger charge is 2.14. The molecule has 0 spiro atoms. The van der Waals surface area contributed by atoms with Crippen molar-refractivity contribution in [2.75, 3.05) is 18.5 Å². The average molecular weight is 431 g/mol. The molecule has 132 valence electrons. The van der Waals surface area contributed by atoms with E-state index in [4.69, 9.17) is 9.47 Å². The third-order valence-corrected chi connectivity index (χ3v) is 5.15. The van der Waals surface area contributed by atoms with Crippen molar-refractivity contribution in [1.82, 2.24) is 4.98 Å². The number of halogens is 1. The number of amides is 1. The third-order valence-electron chi connectivity index (χ3n) is 3.87. The Kier molecular flexibility index (Phi) is 4.90. The zero-order chi connectivity index (χ0) is 17.9. The molecule has 5 nitrogen and oxygen atoms in total. The number of hydrogen-bond donors (Lipinski definition) is 1. The van der Waals surface area contributed by atoms with Gasteiger partial charge in [-0.1, -0.05) is 28.1 Å². The van der Waals surface area contributed by atoms with Crippen molar-refractivity contribution >= 4 is 38.3 Å². The molecule has 3 aromatic rings. The van der Waals surface area contributed by atoms with Crippen LogP contribution in [0.4, 0.5) is 5.13 Å². The molecule has 0 unspecified atom stereocenters. The number of anilines is 1. The standard InChI is InChI=1S/C19H15BrN2O3S/c20-14-4-1-12(2-5-14)9-18(23)22-19-21-15(11-26-19)13-3-6-16-17(10-13)25-8-7-24-16/h1-6,10-11H,7-9H2,(H,21,22,23). The summed E-state index contributed by atoms with van der Waals surface area (Å²) in [5.74, 6) is 1.39. The molecule has 2 aromatic carbocycles. The molecule has 0 saturated heterocycles. The normalized spacial score (nSPS) is 12.7. The first-order chi connectivity index (χ1) is 12.7. The minimum atomic E-state index is -0.0876. The molecule has 4 rings (SSSR count). The molecule has 7 heteroatoms. The number of rotatable bonds is 4. The van der Waals surface area contributed by atoms with Gasteiger partial charge in [0.05, 0.1) is 12.1 Å². The minimum Gasteiger partial charge on any atom is -0.486 e. The Labute approximate surface area is 163 Å². The van der Waals surface area contributed by atoms with Gasteiger partial charge in [0.1, 0.15) is 13.2 Å². The van der Waals surface area contributed by atoms with Crippen LogP contribution in [0.15, 0.2) is 52.3 Å². The van der Waals surface area contributed by atoms with E-state index in [2.05, 4.69) is 26.2 Å². The smallest absolute Gasteiger partial charge is 0.230 e. The summed E-state index contributed by atoms with van der Waals surface area (Å²) < 4.78 is 12.1. The molecule has 0 radical (unpaired) electrons. The molecule has 0 bridgehead atoms. The van der Waals surface area contributed by atoms with Gasteiger partial charge in [-0.15, -0.1) is 11.3 Å². The Hall–Kier alpha value is -2.38. The summed E-state index contributed by atoms with van der Waals surface area (Å²) in [5, 5.41) is 5.36. The molecule has 1 N–H and O–H groups in total. The van der Waals surface area contributed by atoms with Crippen LogP contribution < -0.4 is 14.8 Å². The second-order valence-corrected chi connectivity index (χ2v) is 7.52. The average Bonchev–Trinajstić information content (AvgIpc) is 3.11. The first-order valence-corrected chi connectivity index (χ1v) is 9.74. The van der Waals surface area contributed by atoms with Crippen LogP contribution in [-0.2, 0) is 11.2 Å². The van der Waals surface area contributed by atoms with Crippen molar-refractivity contribution in [1.29, 1.82) is 0 Å². The topological polar surface area (TPSA) is 60.5 Å². The lowest BCUT2D eigenvalue weighted by molar-refractivity contribution is -0.115. The second-order valence-electron chi connectivity index (χ2n) is 5.75. The highest BCUT2D eigenvalue weighted by Crippen LogP contribution is 2.35. The highest BCUT2D eigenvalue weighted by atomic mass is 79.9. The Morgan fingerprint density at radius 1 is 1.12 bits per heavy atom. The summed E-state index contributed by atoms with van der Waals surface area (Å²) in [5.41, 5.74) is 2.68. The summed E-state index contributed by atoms with van der Waals surface area (Å²) in [6, 6.07) is 13.4. The third kappa shape index (κ3) is 3.89. The lowest BCUT2D eigenvalue weighted by Gasteiger charge is -2.18. The number of nitrogens with zero attached hydrogens (tertiary/aromatic N) is 1. The molecule has 0 atom stereocenters. The van der Waals surface area contributed by atoms with E-state index in [1.54, 1.807) is 0 Å². The highest BCUT2D eigenvalue weighted by molar-refractivity contribution is 9.10. The van der Waals surface area contributed by atoms with Crippen LogP contribution >= 0.6 is 27.3 Å². The number of carbonyl (C=O) groups excluding carboxylic acids is 1. The number of ether oxygens (including phenoxy) is 2. The fourth-order valence-electron chi connectivity index (χ4n) is 2.62. The van der Waals surface area contributed by atoms with Crippen LogP contribution in [0.25, 0.3) is 11.3 Å². The number of hydrogen-bond acceptors (Lipinski definition) is 5. The molecule has 1 amide bonds. The second kappa shape index (κ2) is 7.47. The molecular weight excluding hydrogens is 416 g/mol.